The molecule has 0 bridgehead atoms. The maximum Gasteiger partial charge on any atom is 0.135 e. The highest BCUT2D eigenvalue weighted by Crippen LogP contribution is 2.16. The molecule has 0 N–H and O–H groups in total. The van der Waals surface area contributed by atoms with Crippen LogP contribution in [0.15, 0.2) is 0 Å². The highest BCUT2D eigenvalue weighted by molar-refractivity contribution is 5.80. The van der Waals surface area contributed by atoms with Gasteiger partial charge in [0.1, 0.15) is 5.78 Å². The van der Waals surface area contributed by atoms with Gasteiger partial charge in [-0.2, -0.15) is 0 Å². The van der Waals surface area contributed by atoms with Crippen molar-refractivity contribution in [3.63, 3.8) is 0 Å². The van der Waals surface area contributed by atoms with Gasteiger partial charge in [-0.3, -0.25) is 4.79 Å². The van der Waals surface area contributed by atoms with Gasteiger partial charge in [0.15, 0.2) is 0 Å². The van der Waals surface area contributed by atoms with Gasteiger partial charge >= 0.3 is 0 Å². The van der Waals surface area contributed by atoms with Crippen LogP contribution in [0.5, 0.6) is 0 Å². The van der Waals surface area contributed by atoms with E-state index in [9.17, 15) is 4.79 Å². The molecule has 0 heterocycles. The van der Waals surface area contributed by atoms with E-state index in [0.29, 0.717) is 11.7 Å². The van der Waals surface area contributed by atoms with Crippen molar-refractivity contribution < 1.29 is 9.53 Å². The second-order valence-electron chi connectivity index (χ2n) is 4.16. The van der Waals surface area contributed by atoms with Gasteiger partial charge in [0.2, 0.25) is 0 Å². The van der Waals surface area contributed by atoms with Gasteiger partial charge < -0.3 is 4.74 Å². The zero-order chi connectivity index (χ0) is 11.5. The Balaban J connectivity index is 3.63. The fourth-order valence-corrected chi connectivity index (χ4v) is 1.79. The summed E-state index contributed by atoms with van der Waals surface area (Å²) in [6, 6.07) is 0. The molecule has 0 aromatic carbocycles. The minimum atomic E-state index is 0.312. The van der Waals surface area contributed by atoms with Crippen molar-refractivity contribution in [3.05, 3.63) is 0 Å². The Kier molecular flexibility index (Phi) is 9.91. The van der Waals surface area contributed by atoms with E-state index in [1.54, 1.807) is 7.11 Å². The molecule has 2 nitrogen and oxygen atoms in total. The number of unbranched alkanes of at least 4 members (excludes halogenated alkanes) is 2. The van der Waals surface area contributed by atoms with Crippen LogP contribution in [0.2, 0.25) is 0 Å². The number of Topliss-reactive ketones (excluding diaryl/α,β-unsaturated/α-hetero) is 1. The monoisotopic (exact) mass is 214 g/mol. The Morgan fingerprint density at radius 3 is 2.47 bits per heavy atom. The first kappa shape index (κ1) is 14.6. The van der Waals surface area contributed by atoms with Gasteiger partial charge in [0.05, 0.1) is 0 Å². The maximum absolute atomic E-state index is 11.8. The third kappa shape index (κ3) is 7.55. The summed E-state index contributed by atoms with van der Waals surface area (Å²) >= 11 is 0. The predicted molar refractivity (Wildman–Crippen MR) is 64.0 cm³/mol. The molecule has 0 fully saturated rings. The van der Waals surface area contributed by atoms with Gasteiger partial charge in [-0.25, -0.2) is 0 Å². The van der Waals surface area contributed by atoms with Crippen LogP contribution in [0.4, 0.5) is 0 Å². The SMILES string of the molecule is CCCC[C@@H](CC)C(=O)CCCCOC. The second-order valence-corrected chi connectivity index (χ2v) is 4.16. The lowest BCUT2D eigenvalue weighted by atomic mass is 9.92. The van der Waals surface area contributed by atoms with E-state index >= 15 is 0 Å². The molecule has 90 valence electrons. The van der Waals surface area contributed by atoms with Gasteiger partial charge in [-0.15, -0.1) is 0 Å². The zero-order valence-corrected chi connectivity index (χ0v) is 10.6. The van der Waals surface area contributed by atoms with E-state index in [2.05, 4.69) is 13.8 Å². The molecular formula is C13H26O2. The van der Waals surface area contributed by atoms with Crippen LogP contribution in [0.25, 0.3) is 0 Å². The number of carbonyl (C=O) groups is 1. The normalized spacial score (nSPS) is 12.7. The summed E-state index contributed by atoms with van der Waals surface area (Å²) in [7, 11) is 1.71. The topological polar surface area (TPSA) is 26.3 Å². The summed E-state index contributed by atoms with van der Waals surface area (Å²) in [6.45, 7) is 5.07. The number of rotatable bonds is 10. The maximum atomic E-state index is 11.8. The van der Waals surface area contributed by atoms with E-state index in [1.165, 1.54) is 12.8 Å². The fourth-order valence-electron chi connectivity index (χ4n) is 1.79. The van der Waals surface area contributed by atoms with E-state index < -0.39 is 0 Å². The largest absolute Gasteiger partial charge is 0.385 e. The molecule has 2 heteroatoms. The van der Waals surface area contributed by atoms with E-state index in [4.69, 9.17) is 4.74 Å². The Morgan fingerprint density at radius 1 is 1.20 bits per heavy atom. The molecule has 0 aliphatic carbocycles. The summed E-state index contributed by atoms with van der Waals surface area (Å²) < 4.78 is 4.96. The molecule has 0 radical (unpaired) electrons. The van der Waals surface area contributed by atoms with Gasteiger partial charge in [0, 0.05) is 26.1 Å². The minimum absolute atomic E-state index is 0.312. The number of ketones is 1. The molecule has 0 saturated heterocycles. The summed E-state index contributed by atoms with van der Waals surface area (Å²) in [5, 5.41) is 0. The smallest absolute Gasteiger partial charge is 0.135 e. The number of hydrogen-bond donors (Lipinski definition) is 0. The lowest BCUT2D eigenvalue weighted by Crippen LogP contribution is -2.13. The van der Waals surface area contributed by atoms with Crippen molar-refractivity contribution in [2.45, 2.75) is 58.8 Å². The predicted octanol–water partition coefficient (Wildman–Crippen LogP) is 3.59. The standard InChI is InChI=1S/C13H26O2/c1-4-6-9-12(5-2)13(14)10-7-8-11-15-3/h12H,4-11H2,1-3H3/t12-/m1/s1. The molecule has 0 aliphatic rings. The lowest BCUT2D eigenvalue weighted by Gasteiger charge is -2.12. The van der Waals surface area contributed by atoms with Gasteiger partial charge in [-0.1, -0.05) is 26.7 Å². The lowest BCUT2D eigenvalue weighted by molar-refractivity contribution is -0.123. The number of carbonyl (C=O) groups excluding carboxylic acids is 1. The summed E-state index contributed by atoms with van der Waals surface area (Å²) in [4.78, 5) is 11.8. The van der Waals surface area contributed by atoms with Crippen LogP contribution in [-0.4, -0.2) is 19.5 Å². The molecule has 0 aromatic heterocycles. The molecule has 0 spiro atoms. The molecule has 0 unspecified atom stereocenters. The molecule has 0 rings (SSSR count). The summed E-state index contributed by atoms with van der Waals surface area (Å²) in [5.41, 5.74) is 0. The number of ether oxygens (including phenoxy) is 1. The van der Waals surface area contributed by atoms with Crippen molar-refractivity contribution in [1.82, 2.24) is 0 Å². The molecular weight excluding hydrogens is 188 g/mol. The fraction of sp³-hybridized carbons (Fsp3) is 0.923. The van der Waals surface area contributed by atoms with E-state index in [1.807, 2.05) is 0 Å². The highest BCUT2D eigenvalue weighted by atomic mass is 16.5. The van der Waals surface area contributed by atoms with Crippen molar-refractivity contribution in [3.8, 4) is 0 Å². The molecule has 0 aliphatic heterocycles. The van der Waals surface area contributed by atoms with Crippen LogP contribution in [-0.2, 0) is 9.53 Å². The van der Waals surface area contributed by atoms with Crippen LogP contribution < -0.4 is 0 Å². The third-order valence-electron chi connectivity index (χ3n) is 2.88. The molecule has 0 saturated carbocycles. The molecule has 0 amide bonds. The first-order chi connectivity index (χ1) is 7.26. The number of hydrogen-bond acceptors (Lipinski definition) is 2. The quantitative estimate of drug-likeness (QED) is 0.519. The summed E-state index contributed by atoms with van der Waals surface area (Å²) in [5.74, 6) is 0.773. The summed E-state index contributed by atoms with van der Waals surface area (Å²) in [6.07, 6.45) is 7.18. The van der Waals surface area contributed by atoms with Crippen molar-refractivity contribution >= 4 is 5.78 Å². The average molecular weight is 214 g/mol. The van der Waals surface area contributed by atoms with Crippen molar-refractivity contribution in [1.29, 1.82) is 0 Å². The van der Waals surface area contributed by atoms with Crippen LogP contribution in [0.1, 0.15) is 58.8 Å². The number of methoxy groups -OCH3 is 1. The highest BCUT2D eigenvalue weighted by Gasteiger charge is 2.14. The Morgan fingerprint density at radius 2 is 1.93 bits per heavy atom. The van der Waals surface area contributed by atoms with Gasteiger partial charge in [-0.05, 0) is 25.7 Å². The molecule has 0 aromatic rings. The Labute approximate surface area is 94.4 Å². The Bertz CT molecular complexity index is 155. The van der Waals surface area contributed by atoms with E-state index in [-0.39, 0.29) is 0 Å². The van der Waals surface area contributed by atoms with Crippen LogP contribution >= 0.6 is 0 Å². The van der Waals surface area contributed by atoms with Crippen molar-refractivity contribution in [2.24, 2.45) is 5.92 Å². The van der Waals surface area contributed by atoms with Crippen LogP contribution in [0, 0.1) is 5.92 Å². The van der Waals surface area contributed by atoms with Gasteiger partial charge in [0.25, 0.3) is 0 Å². The zero-order valence-electron chi connectivity index (χ0n) is 10.6. The Hall–Kier alpha value is -0.370. The second kappa shape index (κ2) is 10.2. The molecule has 15 heavy (non-hydrogen) atoms. The van der Waals surface area contributed by atoms with E-state index in [0.717, 1.165) is 38.7 Å². The first-order valence-corrected chi connectivity index (χ1v) is 6.27. The minimum Gasteiger partial charge on any atom is -0.385 e. The van der Waals surface area contributed by atoms with Crippen LogP contribution in [0.3, 0.4) is 0 Å². The van der Waals surface area contributed by atoms with Crippen molar-refractivity contribution in [2.75, 3.05) is 13.7 Å². The average Bonchev–Trinajstić information content (AvgIpc) is 2.25. The third-order valence-corrected chi connectivity index (χ3v) is 2.88. The first-order valence-electron chi connectivity index (χ1n) is 6.27. The molecule has 1 atom stereocenters.